The summed E-state index contributed by atoms with van der Waals surface area (Å²) in [7, 11) is 0. The Hall–Kier alpha value is -2.57. The highest BCUT2D eigenvalue weighted by Gasteiger charge is 2.27. The van der Waals surface area contributed by atoms with Crippen molar-refractivity contribution in [2.75, 3.05) is 13.1 Å². The van der Waals surface area contributed by atoms with Gasteiger partial charge >= 0.3 is 12.1 Å². The van der Waals surface area contributed by atoms with Gasteiger partial charge in [-0.3, -0.25) is 4.68 Å². The normalized spacial score (nSPS) is 15.9. The molecule has 1 saturated heterocycles. The summed E-state index contributed by atoms with van der Waals surface area (Å²) in [5.74, 6) is -0.492. The summed E-state index contributed by atoms with van der Waals surface area (Å²) in [6.45, 7) is 9.56. The van der Waals surface area contributed by atoms with Gasteiger partial charge in [0.15, 0.2) is 0 Å². The van der Waals surface area contributed by atoms with Crippen LogP contribution in [0.15, 0.2) is 18.3 Å². The number of aromatic nitrogens is 2. The Labute approximate surface area is 158 Å². The monoisotopic (exact) mass is 373 g/mol. The van der Waals surface area contributed by atoms with Crippen LogP contribution in [0.2, 0.25) is 0 Å². The van der Waals surface area contributed by atoms with E-state index >= 15 is 0 Å². The summed E-state index contributed by atoms with van der Waals surface area (Å²) in [5.41, 5.74) is 1.39. The number of hydrogen-bond acceptors (Lipinski definition) is 4. The van der Waals surface area contributed by atoms with Crippen LogP contribution in [0.1, 0.15) is 49.5 Å². The number of nitrogens with zero attached hydrogens (tertiary/aromatic N) is 3. The number of likely N-dealkylation sites (tertiary alicyclic amines) is 1. The topological polar surface area (TPSA) is 84.7 Å². The van der Waals surface area contributed by atoms with Crippen molar-refractivity contribution in [3.63, 3.8) is 0 Å². The van der Waals surface area contributed by atoms with Crippen LogP contribution in [-0.2, 0) is 11.3 Å². The number of aryl methyl sites for hydroxylation is 1. The molecule has 146 valence electrons. The number of carboxylic acid groups (broad SMARTS) is 1. The summed E-state index contributed by atoms with van der Waals surface area (Å²) in [5, 5.41) is 14.7. The van der Waals surface area contributed by atoms with Crippen molar-refractivity contribution in [3.05, 3.63) is 29.5 Å². The maximum absolute atomic E-state index is 12.2. The van der Waals surface area contributed by atoms with E-state index in [2.05, 4.69) is 5.10 Å². The second kappa shape index (κ2) is 7.21. The standard InChI is InChI=1S/C20H27N3O4/c1-13-15(18(24)25)5-6-17-16(13)12-23(21-17)11-14-7-9-22(10-8-14)19(26)27-20(2,3)4/h5-6,12,14H,7-11H2,1-4H3,(H,24,25). The molecule has 2 aromatic rings. The lowest BCUT2D eigenvalue weighted by molar-refractivity contribution is 0.0177. The molecule has 3 rings (SSSR count). The molecular formula is C20H27N3O4. The molecule has 1 N–H and O–H groups in total. The maximum atomic E-state index is 12.2. The lowest BCUT2D eigenvalue weighted by Crippen LogP contribution is -2.42. The van der Waals surface area contributed by atoms with E-state index in [1.54, 1.807) is 17.0 Å². The Morgan fingerprint density at radius 1 is 1.26 bits per heavy atom. The predicted molar refractivity (Wildman–Crippen MR) is 102 cm³/mol. The van der Waals surface area contributed by atoms with Gasteiger partial charge in [0, 0.05) is 31.2 Å². The van der Waals surface area contributed by atoms with Gasteiger partial charge in [0.25, 0.3) is 0 Å². The minimum atomic E-state index is -0.920. The van der Waals surface area contributed by atoms with Gasteiger partial charge in [-0.1, -0.05) is 0 Å². The van der Waals surface area contributed by atoms with Crippen LogP contribution in [0.5, 0.6) is 0 Å². The zero-order valence-electron chi connectivity index (χ0n) is 16.4. The third-order valence-corrected chi connectivity index (χ3v) is 4.95. The molecule has 7 heteroatoms. The molecule has 1 amide bonds. The SMILES string of the molecule is Cc1c(C(=O)O)ccc2nn(CC3CCN(C(=O)OC(C)(C)C)CC3)cc12. The summed E-state index contributed by atoms with van der Waals surface area (Å²) in [4.78, 5) is 25.2. The molecule has 0 atom stereocenters. The average molecular weight is 373 g/mol. The first-order chi connectivity index (χ1) is 12.6. The fourth-order valence-corrected chi connectivity index (χ4v) is 3.50. The second-order valence-electron chi connectivity index (χ2n) is 8.24. The Morgan fingerprint density at radius 3 is 2.52 bits per heavy atom. The number of carbonyl (C=O) groups excluding carboxylic acids is 1. The number of rotatable bonds is 3. The third-order valence-electron chi connectivity index (χ3n) is 4.95. The van der Waals surface area contributed by atoms with Crippen LogP contribution < -0.4 is 0 Å². The van der Waals surface area contributed by atoms with Crippen molar-refractivity contribution in [3.8, 4) is 0 Å². The number of fused-ring (bicyclic) bond motifs is 1. The first-order valence-corrected chi connectivity index (χ1v) is 9.32. The number of piperidine rings is 1. The zero-order chi connectivity index (χ0) is 19.8. The number of hydrogen-bond donors (Lipinski definition) is 1. The molecule has 1 aliphatic heterocycles. The summed E-state index contributed by atoms with van der Waals surface area (Å²) < 4.78 is 7.34. The fourth-order valence-electron chi connectivity index (χ4n) is 3.50. The van der Waals surface area contributed by atoms with E-state index in [1.165, 1.54) is 0 Å². The van der Waals surface area contributed by atoms with Gasteiger partial charge in [-0.05, 0) is 64.2 Å². The van der Waals surface area contributed by atoms with Crippen molar-refractivity contribution in [1.82, 2.24) is 14.7 Å². The molecule has 1 aromatic heterocycles. The van der Waals surface area contributed by atoms with Gasteiger partial charge in [-0.2, -0.15) is 5.10 Å². The largest absolute Gasteiger partial charge is 0.478 e. The Kier molecular flexibility index (Phi) is 5.13. The number of carbonyl (C=O) groups is 2. The predicted octanol–water partition coefficient (Wildman–Crippen LogP) is 3.69. The zero-order valence-corrected chi connectivity index (χ0v) is 16.4. The number of ether oxygens (including phenoxy) is 1. The molecule has 1 aromatic carbocycles. The molecule has 0 aliphatic carbocycles. The highest BCUT2D eigenvalue weighted by Crippen LogP contribution is 2.24. The smallest absolute Gasteiger partial charge is 0.410 e. The van der Waals surface area contributed by atoms with Crippen molar-refractivity contribution < 1.29 is 19.4 Å². The van der Waals surface area contributed by atoms with Crippen molar-refractivity contribution in [2.24, 2.45) is 5.92 Å². The van der Waals surface area contributed by atoms with Gasteiger partial charge in [0.1, 0.15) is 5.60 Å². The molecule has 2 heterocycles. The minimum Gasteiger partial charge on any atom is -0.478 e. The third kappa shape index (κ3) is 4.40. The minimum absolute atomic E-state index is 0.248. The number of aromatic carboxylic acids is 1. The highest BCUT2D eigenvalue weighted by atomic mass is 16.6. The van der Waals surface area contributed by atoms with Crippen LogP contribution in [-0.4, -0.2) is 50.5 Å². The maximum Gasteiger partial charge on any atom is 0.410 e. The summed E-state index contributed by atoms with van der Waals surface area (Å²) in [6, 6.07) is 3.37. The molecule has 0 radical (unpaired) electrons. The van der Waals surface area contributed by atoms with Crippen molar-refractivity contribution in [2.45, 2.75) is 52.7 Å². The molecule has 0 unspecified atom stereocenters. The first-order valence-electron chi connectivity index (χ1n) is 9.32. The van der Waals surface area contributed by atoms with Gasteiger partial charge < -0.3 is 14.7 Å². The van der Waals surface area contributed by atoms with Crippen LogP contribution in [0.4, 0.5) is 4.79 Å². The Bertz CT molecular complexity index is 858. The molecule has 0 saturated carbocycles. The average Bonchev–Trinajstić information content (AvgIpc) is 2.97. The van der Waals surface area contributed by atoms with Crippen LogP contribution in [0.3, 0.4) is 0 Å². The summed E-state index contributed by atoms with van der Waals surface area (Å²) in [6.07, 6.45) is 3.48. The molecule has 1 aliphatic rings. The number of benzene rings is 1. The Balaban J connectivity index is 1.63. The quantitative estimate of drug-likeness (QED) is 0.887. The molecule has 1 fully saturated rings. The van der Waals surface area contributed by atoms with Gasteiger partial charge in [-0.25, -0.2) is 9.59 Å². The van der Waals surface area contributed by atoms with Crippen molar-refractivity contribution in [1.29, 1.82) is 0 Å². The van der Waals surface area contributed by atoms with E-state index in [9.17, 15) is 14.7 Å². The molecule has 7 nitrogen and oxygen atoms in total. The fraction of sp³-hybridized carbons (Fsp3) is 0.550. The summed E-state index contributed by atoms with van der Waals surface area (Å²) >= 11 is 0. The van der Waals surface area contributed by atoms with Crippen LogP contribution in [0, 0.1) is 12.8 Å². The van der Waals surface area contributed by atoms with Gasteiger partial charge in [0.05, 0.1) is 11.1 Å². The molecular weight excluding hydrogens is 346 g/mol. The van der Waals surface area contributed by atoms with E-state index in [4.69, 9.17) is 4.74 Å². The molecule has 0 bridgehead atoms. The highest BCUT2D eigenvalue weighted by molar-refractivity contribution is 5.96. The van der Waals surface area contributed by atoms with Crippen molar-refractivity contribution >= 4 is 23.0 Å². The van der Waals surface area contributed by atoms with E-state index in [-0.39, 0.29) is 6.09 Å². The van der Waals surface area contributed by atoms with E-state index in [1.807, 2.05) is 38.6 Å². The van der Waals surface area contributed by atoms with Crippen LogP contribution >= 0.6 is 0 Å². The van der Waals surface area contributed by atoms with E-state index in [0.29, 0.717) is 24.6 Å². The molecule has 0 spiro atoms. The number of carboxylic acids is 1. The number of amides is 1. The van der Waals surface area contributed by atoms with E-state index < -0.39 is 11.6 Å². The second-order valence-corrected chi connectivity index (χ2v) is 8.24. The van der Waals surface area contributed by atoms with Crippen LogP contribution in [0.25, 0.3) is 10.9 Å². The Morgan fingerprint density at radius 2 is 1.93 bits per heavy atom. The molecule has 27 heavy (non-hydrogen) atoms. The first kappa shape index (κ1) is 19.2. The lowest BCUT2D eigenvalue weighted by atomic mass is 9.97. The van der Waals surface area contributed by atoms with Gasteiger partial charge in [-0.15, -0.1) is 0 Å². The van der Waals surface area contributed by atoms with Gasteiger partial charge in [0.2, 0.25) is 0 Å². The van der Waals surface area contributed by atoms with E-state index in [0.717, 1.165) is 35.9 Å². The lowest BCUT2D eigenvalue weighted by Gasteiger charge is -2.33.